The molecular weight excluding hydrogens is 777 g/mol. The second-order valence-corrected chi connectivity index (χ2v) is 17.5. The van der Waals surface area contributed by atoms with Gasteiger partial charge in [0.15, 0.2) is 0 Å². The minimum Gasteiger partial charge on any atom is -0.453 e. The third-order valence-corrected chi connectivity index (χ3v) is 13.3. The predicted octanol–water partition coefficient (Wildman–Crippen LogP) is 6.49. The number of fused-ring (bicyclic) bond motifs is 2. The molecule has 5 heterocycles. The average molecular weight is 831 g/mol. The van der Waals surface area contributed by atoms with E-state index in [0.717, 1.165) is 71.0 Å². The van der Waals surface area contributed by atoms with E-state index in [-0.39, 0.29) is 47.8 Å². The molecule has 0 bridgehead atoms. The Morgan fingerprint density at radius 2 is 1.18 bits per heavy atom. The van der Waals surface area contributed by atoms with Gasteiger partial charge in [-0.15, -0.1) is 0 Å². The molecule has 15 heteroatoms. The van der Waals surface area contributed by atoms with Gasteiger partial charge < -0.3 is 44.6 Å². The maximum Gasteiger partial charge on any atom is 0.407 e. The Morgan fingerprint density at radius 3 is 1.66 bits per heavy atom. The Labute approximate surface area is 355 Å². The topological polar surface area (TPSA) is 184 Å². The number of alkyl carbamates (subject to hydrolysis) is 2. The van der Waals surface area contributed by atoms with E-state index in [1.165, 1.54) is 14.2 Å². The zero-order valence-electron chi connectivity index (χ0n) is 35.0. The normalized spacial score (nSPS) is 25.2. The first-order valence-electron chi connectivity index (χ1n) is 21.5. The summed E-state index contributed by atoms with van der Waals surface area (Å²) in [6, 6.07) is 15.1. The van der Waals surface area contributed by atoms with Crippen LogP contribution in [0, 0.1) is 23.7 Å². The Balaban J connectivity index is 0.829. The smallest absolute Gasteiger partial charge is 0.407 e. The molecule has 61 heavy (non-hydrogen) atoms. The Kier molecular flexibility index (Phi) is 11.2. The van der Waals surface area contributed by atoms with E-state index in [2.05, 4.69) is 81.3 Å². The summed E-state index contributed by atoms with van der Waals surface area (Å²) in [5, 5.41) is 5.58. The van der Waals surface area contributed by atoms with Crippen molar-refractivity contribution in [3.8, 4) is 22.5 Å². The van der Waals surface area contributed by atoms with Gasteiger partial charge in [0.2, 0.25) is 11.8 Å². The average Bonchev–Trinajstić information content (AvgIpc) is 3.87. The zero-order valence-corrected chi connectivity index (χ0v) is 35.0. The van der Waals surface area contributed by atoms with Crippen molar-refractivity contribution in [2.24, 2.45) is 23.7 Å². The van der Waals surface area contributed by atoms with Gasteiger partial charge in [-0.2, -0.15) is 0 Å². The van der Waals surface area contributed by atoms with Gasteiger partial charge in [0.05, 0.1) is 50.1 Å². The fourth-order valence-corrected chi connectivity index (χ4v) is 9.72. The molecule has 4 N–H and O–H groups in total. The second-order valence-electron chi connectivity index (χ2n) is 17.5. The number of piperidine rings is 2. The maximum absolute atomic E-state index is 14.2. The number of nitrogens with zero attached hydrogens (tertiary/aromatic N) is 4. The molecule has 4 amide bonds. The molecule has 15 nitrogen and oxygen atoms in total. The van der Waals surface area contributed by atoms with Crippen LogP contribution in [0.3, 0.4) is 0 Å². The maximum atomic E-state index is 14.2. The molecule has 4 aromatic rings. The summed E-state index contributed by atoms with van der Waals surface area (Å²) in [7, 11) is 2.62. The summed E-state index contributed by atoms with van der Waals surface area (Å²) in [5.74, 6) is 2.12. The Morgan fingerprint density at radius 1 is 0.705 bits per heavy atom. The SMILES string of the molecule is COC(=O)N[C@H](C(=O)N1[C@@H]2C[C@@H]2C[C@H]1c1ncc(-c2ccc(/C=C/c3ccc(-c4cnc([C@@H]5C[C@H]6C[C@H]6N5C(=O)[C@@H](NC(=O)OC)C5CCOCC5)[nH]4)cc3)cc2)[nH]1)C(C)C. The molecule has 5 fully saturated rings. The highest BCUT2D eigenvalue weighted by atomic mass is 16.5. The summed E-state index contributed by atoms with van der Waals surface area (Å²) < 4.78 is 15.2. The molecule has 2 aliphatic carbocycles. The van der Waals surface area contributed by atoms with E-state index < -0.39 is 24.3 Å². The number of benzene rings is 2. The first-order chi connectivity index (χ1) is 29.6. The number of carbonyl (C=O) groups is 4. The number of imidazole rings is 2. The lowest BCUT2D eigenvalue weighted by atomic mass is 9.90. The van der Waals surface area contributed by atoms with Crippen molar-refractivity contribution in [1.82, 2.24) is 40.4 Å². The van der Waals surface area contributed by atoms with Crippen molar-refractivity contribution < 1.29 is 33.4 Å². The molecule has 2 aromatic heterocycles. The predicted molar refractivity (Wildman–Crippen MR) is 226 cm³/mol. The van der Waals surface area contributed by atoms with Crippen LogP contribution in [0.25, 0.3) is 34.7 Å². The number of hydrogen-bond donors (Lipinski definition) is 4. The van der Waals surface area contributed by atoms with Crippen molar-refractivity contribution in [1.29, 1.82) is 0 Å². The van der Waals surface area contributed by atoms with Crippen LogP contribution in [-0.2, 0) is 23.8 Å². The van der Waals surface area contributed by atoms with Crippen LogP contribution in [0.4, 0.5) is 9.59 Å². The molecule has 2 saturated carbocycles. The lowest BCUT2D eigenvalue weighted by molar-refractivity contribution is -0.138. The number of carbonyl (C=O) groups excluding carboxylic acids is 4. The fraction of sp³-hybridized carbons (Fsp3) is 0.478. The van der Waals surface area contributed by atoms with Crippen LogP contribution in [0.2, 0.25) is 0 Å². The highest BCUT2D eigenvalue weighted by Gasteiger charge is 2.57. The van der Waals surface area contributed by atoms with Gasteiger partial charge in [0.1, 0.15) is 23.7 Å². The van der Waals surface area contributed by atoms with E-state index in [9.17, 15) is 19.2 Å². The molecule has 3 aliphatic heterocycles. The number of amides is 4. The van der Waals surface area contributed by atoms with Crippen molar-refractivity contribution in [3.05, 3.63) is 83.7 Å². The minimum absolute atomic E-state index is 0.0164. The van der Waals surface area contributed by atoms with Crippen LogP contribution in [-0.4, -0.2) is 105 Å². The number of nitrogens with one attached hydrogen (secondary N) is 4. The number of aromatic amines is 2. The second kappa shape index (κ2) is 16.8. The van der Waals surface area contributed by atoms with Gasteiger partial charge in [0, 0.05) is 25.3 Å². The lowest BCUT2D eigenvalue weighted by Gasteiger charge is -2.35. The standard InChI is InChI=1S/C46H54N8O7/c1-25(2)39(51-45(57)59-3)43(55)53-35-19-31(35)21-37(53)41-47-23-33(49-41)28-11-7-26(8-12-28)5-6-27-9-13-29(14-10-27)34-24-48-42(50-34)38-22-32-20-36(32)54(38)44(56)40(52-46(58)60-4)30-15-17-61-18-16-30/h5-14,23-25,30-32,35-40H,15-22H2,1-4H3,(H,47,49)(H,48,50)(H,51,57)(H,52,58)/b6-5+/t31-,32-,35-,36-,37+,38+,39+,40+/m1/s1. The van der Waals surface area contributed by atoms with Gasteiger partial charge in [-0.05, 0) is 84.5 Å². The molecule has 9 rings (SSSR count). The quantitative estimate of drug-likeness (QED) is 0.116. The van der Waals surface area contributed by atoms with Gasteiger partial charge in [-0.25, -0.2) is 19.6 Å². The van der Waals surface area contributed by atoms with Crippen LogP contribution in [0.5, 0.6) is 0 Å². The molecule has 320 valence electrons. The molecule has 0 radical (unpaired) electrons. The molecule has 8 atom stereocenters. The first kappa shape index (κ1) is 40.4. The van der Waals surface area contributed by atoms with Crippen LogP contribution < -0.4 is 10.6 Å². The van der Waals surface area contributed by atoms with Gasteiger partial charge >= 0.3 is 12.2 Å². The minimum atomic E-state index is -0.674. The van der Waals surface area contributed by atoms with Crippen LogP contribution >= 0.6 is 0 Å². The summed E-state index contributed by atoms with van der Waals surface area (Å²) in [6.07, 6.45) is 11.6. The third kappa shape index (κ3) is 8.27. The third-order valence-electron chi connectivity index (χ3n) is 13.3. The molecule has 5 aliphatic rings. The highest BCUT2D eigenvalue weighted by molar-refractivity contribution is 5.88. The number of H-pyrrole nitrogens is 2. The van der Waals surface area contributed by atoms with E-state index in [1.54, 1.807) is 0 Å². The number of aromatic nitrogens is 4. The monoisotopic (exact) mass is 830 g/mol. The van der Waals surface area contributed by atoms with Gasteiger partial charge in [-0.1, -0.05) is 74.5 Å². The zero-order chi connectivity index (χ0) is 42.4. The number of hydrogen-bond acceptors (Lipinski definition) is 9. The van der Waals surface area contributed by atoms with Crippen molar-refractivity contribution in [3.63, 3.8) is 0 Å². The summed E-state index contributed by atoms with van der Waals surface area (Å²) in [5.41, 5.74) is 5.84. The molecular formula is C46H54N8O7. The van der Waals surface area contributed by atoms with Crippen LogP contribution in [0.15, 0.2) is 60.9 Å². The lowest BCUT2D eigenvalue weighted by Crippen LogP contribution is -2.54. The van der Waals surface area contributed by atoms with Gasteiger partial charge in [-0.3, -0.25) is 9.59 Å². The van der Waals surface area contributed by atoms with E-state index in [1.807, 2.05) is 36.0 Å². The summed E-state index contributed by atoms with van der Waals surface area (Å²) >= 11 is 0. The van der Waals surface area contributed by atoms with Crippen molar-refractivity contribution in [2.75, 3.05) is 27.4 Å². The molecule has 3 saturated heterocycles. The summed E-state index contributed by atoms with van der Waals surface area (Å²) in [4.78, 5) is 72.7. The van der Waals surface area contributed by atoms with E-state index in [0.29, 0.717) is 37.9 Å². The highest BCUT2D eigenvalue weighted by Crippen LogP contribution is 2.54. The molecule has 0 unspecified atom stereocenters. The number of ether oxygens (including phenoxy) is 3. The van der Waals surface area contributed by atoms with E-state index in [4.69, 9.17) is 24.2 Å². The Hall–Kier alpha value is -5.96. The number of methoxy groups -OCH3 is 2. The molecule has 2 aromatic carbocycles. The molecule has 0 spiro atoms. The van der Waals surface area contributed by atoms with Crippen LogP contribution in [0.1, 0.15) is 87.2 Å². The van der Waals surface area contributed by atoms with E-state index >= 15 is 0 Å². The Bertz CT molecular complexity index is 2280. The first-order valence-corrected chi connectivity index (χ1v) is 21.5. The fourth-order valence-electron chi connectivity index (χ4n) is 9.72. The number of likely N-dealkylation sites (tertiary alicyclic amines) is 2. The summed E-state index contributed by atoms with van der Waals surface area (Å²) in [6.45, 7) is 4.98. The largest absolute Gasteiger partial charge is 0.453 e. The van der Waals surface area contributed by atoms with Crippen molar-refractivity contribution >= 4 is 36.2 Å². The van der Waals surface area contributed by atoms with Crippen molar-refractivity contribution in [2.45, 2.75) is 88.6 Å². The number of rotatable bonds is 12. The van der Waals surface area contributed by atoms with Gasteiger partial charge in [0.25, 0.3) is 0 Å².